The number of amides is 1. The Hall–Kier alpha value is -3.01. The Morgan fingerprint density at radius 2 is 1.52 bits per heavy atom. The third-order valence-corrected chi connectivity index (χ3v) is 8.73. The molecule has 1 heterocycles. The molecule has 0 radical (unpaired) electrons. The third-order valence-electron chi connectivity index (χ3n) is 5.43. The van der Waals surface area contributed by atoms with Crippen molar-refractivity contribution in [1.82, 2.24) is 4.72 Å². The molecule has 3 aromatic carbocycles. The molecule has 1 aliphatic rings. The van der Waals surface area contributed by atoms with E-state index in [9.17, 15) is 21.6 Å². The summed E-state index contributed by atoms with van der Waals surface area (Å²) in [6.45, 7) is 0. The third kappa shape index (κ3) is 6.07. The van der Waals surface area contributed by atoms with E-state index in [4.69, 9.17) is 0 Å². The summed E-state index contributed by atoms with van der Waals surface area (Å²) >= 11 is 0. The quantitative estimate of drug-likeness (QED) is 0.536. The largest absolute Gasteiger partial charge is 0.326 e. The first-order valence-electron chi connectivity index (χ1n) is 10.5. The fourth-order valence-electron chi connectivity index (χ4n) is 3.73. The lowest BCUT2D eigenvalue weighted by Gasteiger charge is -2.12. The van der Waals surface area contributed by atoms with E-state index >= 15 is 0 Å². The van der Waals surface area contributed by atoms with Crippen molar-refractivity contribution in [3.8, 4) is 11.1 Å². The van der Waals surface area contributed by atoms with E-state index in [1.54, 1.807) is 0 Å². The number of hydrogen-bond donors (Lipinski definition) is 2. The first kappa shape index (κ1) is 23.2. The SMILES string of the molecule is O=C(Cc1ccc(-c2ccccc2)cc1)Nc1ccc(S(=O)(=O)NC2CCS(=O)(=O)C2)cc1. The number of carbonyl (C=O) groups excluding carboxylic acids is 1. The van der Waals surface area contributed by atoms with E-state index in [-0.39, 0.29) is 35.2 Å². The van der Waals surface area contributed by atoms with Crippen LogP contribution in [0.15, 0.2) is 83.8 Å². The molecule has 9 heteroatoms. The Kier molecular flexibility index (Phi) is 6.64. The molecule has 33 heavy (non-hydrogen) atoms. The number of hydrogen-bond acceptors (Lipinski definition) is 5. The van der Waals surface area contributed by atoms with Crippen molar-refractivity contribution in [3.63, 3.8) is 0 Å². The van der Waals surface area contributed by atoms with Crippen LogP contribution in [0.5, 0.6) is 0 Å². The Balaban J connectivity index is 1.34. The lowest BCUT2D eigenvalue weighted by atomic mass is 10.0. The van der Waals surface area contributed by atoms with Crippen molar-refractivity contribution >= 4 is 31.5 Å². The molecule has 0 spiro atoms. The highest BCUT2D eigenvalue weighted by atomic mass is 32.2. The van der Waals surface area contributed by atoms with Gasteiger partial charge in [0.05, 0.1) is 22.8 Å². The van der Waals surface area contributed by atoms with Gasteiger partial charge in [-0.1, -0.05) is 54.6 Å². The molecule has 0 aromatic heterocycles. The van der Waals surface area contributed by atoms with Crippen LogP contribution in [0.25, 0.3) is 11.1 Å². The smallest absolute Gasteiger partial charge is 0.240 e. The zero-order valence-electron chi connectivity index (χ0n) is 17.8. The second kappa shape index (κ2) is 9.46. The summed E-state index contributed by atoms with van der Waals surface area (Å²) in [5.41, 5.74) is 3.51. The minimum absolute atomic E-state index is 0.0138. The van der Waals surface area contributed by atoms with Crippen molar-refractivity contribution in [2.24, 2.45) is 0 Å². The average Bonchev–Trinajstić information content (AvgIpc) is 3.12. The lowest BCUT2D eigenvalue weighted by Crippen LogP contribution is -2.35. The van der Waals surface area contributed by atoms with E-state index in [1.807, 2.05) is 54.6 Å². The molecule has 0 saturated carbocycles. The maximum absolute atomic E-state index is 12.5. The van der Waals surface area contributed by atoms with Gasteiger partial charge in [0, 0.05) is 11.7 Å². The van der Waals surface area contributed by atoms with Crippen LogP contribution in [0.2, 0.25) is 0 Å². The van der Waals surface area contributed by atoms with Crippen LogP contribution in [0.4, 0.5) is 5.69 Å². The van der Waals surface area contributed by atoms with E-state index in [1.165, 1.54) is 24.3 Å². The van der Waals surface area contributed by atoms with Crippen LogP contribution in [-0.2, 0) is 31.1 Å². The van der Waals surface area contributed by atoms with Crippen LogP contribution in [-0.4, -0.2) is 40.3 Å². The topological polar surface area (TPSA) is 109 Å². The molecule has 3 aromatic rings. The van der Waals surface area contributed by atoms with Crippen LogP contribution < -0.4 is 10.0 Å². The van der Waals surface area contributed by atoms with Gasteiger partial charge < -0.3 is 5.32 Å². The van der Waals surface area contributed by atoms with E-state index < -0.39 is 25.9 Å². The molecule has 1 atom stereocenters. The zero-order chi connectivity index (χ0) is 23.5. The van der Waals surface area contributed by atoms with Crippen molar-refractivity contribution in [2.45, 2.75) is 23.8 Å². The highest BCUT2D eigenvalue weighted by molar-refractivity contribution is 7.92. The number of rotatable bonds is 7. The van der Waals surface area contributed by atoms with Gasteiger partial charge in [-0.25, -0.2) is 21.6 Å². The van der Waals surface area contributed by atoms with Gasteiger partial charge in [0.15, 0.2) is 9.84 Å². The van der Waals surface area contributed by atoms with Crippen LogP contribution in [0.3, 0.4) is 0 Å². The Morgan fingerprint density at radius 3 is 2.12 bits per heavy atom. The van der Waals surface area contributed by atoms with Gasteiger partial charge in [0.2, 0.25) is 15.9 Å². The Bertz CT molecular complexity index is 1340. The maximum atomic E-state index is 12.5. The fourth-order valence-corrected chi connectivity index (χ4v) is 6.78. The predicted octanol–water partition coefficient (Wildman–Crippen LogP) is 3.00. The average molecular weight is 485 g/mol. The minimum atomic E-state index is -3.84. The number of nitrogens with one attached hydrogen (secondary N) is 2. The van der Waals surface area contributed by atoms with Gasteiger partial charge >= 0.3 is 0 Å². The van der Waals surface area contributed by atoms with Crippen molar-refractivity contribution in [2.75, 3.05) is 16.8 Å². The highest BCUT2D eigenvalue weighted by Crippen LogP contribution is 2.20. The van der Waals surface area contributed by atoms with Crippen LogP contribution in [0.1, 0.15) is 12.0 Å². The standard InChI is InChI=1S/C24H24N2O5S2/c27-24(16-18-6-8-20(9-7-18)19-4-2-1-3-5-19)25-21-10-12-23(13-11-21)33(30,31)26-22-14-15-32(28,29)17-22/h1-13,22,26H,14-17H2,(H,25,27). The second-order valence-corrected chi connectivity index (χ2v) is 12.0. The number of anilines is 1. The monoisotopic (exact) mass is 484 g/mol. The number of benzene rings is 3. The molecule has 1 unspecified atom stereocenters. The molecule has 0 bridgehead atoms. The van der Waals surface area contributed by atoms with Gasteiger partial charge in [0.25, 0.3) is 0 Å². The van der Waals surface area contributed by atoms with Gasteiger partial charge in [-0.2, -0.15) is 0 Å². The van der Waals surface area contributed by atoms with Gasteiger partial charge in [-0.05, 0) is 47.4 Å². The summed E-state index contributed by atoms with van der Waals surface area (Å²) in [7, 11) is -7.03. The molecule has 4 rings (SSSR count). The van der Waals surface area contributed by atoms with E-state index in [0.717, 1.165) is 16.7 Å². The molecule has 1 amide bonds. The number of sulfonamides is 1. The van der Waals surface area contributed by atoms with Crippen molar-refractivity contribution in [3.05, 3.63) is 84.4 Å². The molecule has 2 N–H and O–H groups in total. The zero-order valence-corrected chi connectivity index (χ0v) is 19.4. The summed E-state index contributed by atoms with van der Waals surface area (Å²) in [5, 5.41) is 2.77. The maximum Gasteiger partial charge on any atom is 0.240 e. The number of carbonyl (C=O) groups is 1. The Morgan fingerprint density at radius 1 is 0.879 bits per heavy atom. The van der Waals surface area contributed by atoms with Crippen LogP contribution in [0, 0.1) is 0 Å². The molecule has 1 saturated heterocycles. The summed E-state index contributed by atoms with van der Waals surface area (Å²) < 4.78 is 50.6. The van der Waals surface area contributed by atoms with E-state index in [0.29, 0.717) is 5.69 Å². The molecule has 1 aliphatic heterocycles. The molecule has 1 fully saturated rings. The first-order chi connectivity index (χ1) is 15.7. The summed E-state index contributed by atoms with van der Waals surface area (Å²) in [6, 6.07) is 22.9. The van der Waals surface area contributed by atoms with Gasteiger partial charge in [0.1, 0.15) is 0 Å². The summed E-state index contributed by atoms with van der Waals surface area (Å²) in [6.07, 6.45) is 0.453. The predicted molar refractivity (Wildman–Crippen MR) is 128 cm³/mol. The molecular formula is C24H24N2O5S2. The van der Waals surface area contributed by atoms with Crippen molar-refractivity contribution in [1.29, 1.82) is 0 Å². The van der Waals surface area contributed by atoms with Crippen LogP contribution >= 0.6 is 0 Å². The highest BCUT2D eigenvalue weighted by Gasteiger charge is 2.31. The summed E-state index contributed by atoms with van der Waals surface area (Å²) in [5.74, 6) is -0.417. The first-order valence-corrected chi connectivity index (χ1v) is 13.8. The fraction of sp³-hybridized carbons (Fsp3) is 0.208. The Labute approximate surface area is 193 Å². The molecule has 0 aliphatic carbocycles. The second-order valence-electron chi connectivity index (χ2n) is 8.03. The normalized spacial score (nSPS) is 17.5. The molecule has 172 valence electrons. The van der Waals surface area contributed by atoms with E-state index in [2.05, 4.69) is 10.0 Å². The minimum Gasteiger partial charge on any atom is -0.326 e. The van der Waals surface area contributed by atoms with Gasteiger partial charge in [-0.15, -0.1) is 0 Å². The number of sulfone groups is 1. The van der Waals surface area contributed by atoms with Crippen molar-refractivity contribution < 1.29 is 21.6 Å². The molecule has 7 nitrogen and oxygen atoms in total. The van der Waals surface area contributed by atoms with Gasteiger partial charge in [-0.3, -0.25) is 4.79 Å². The molecular weight excluding hydrogens is 460 g/mol. The lowest BCUT2D eigenvalue weighted by molar-refractivity contribution is -0.115. The summed E-state index contributed by atoms with van der Waals surface area (Å²) in [4.78, 5) is 12.4.